The Hall–Kier alpha value is -1.66. The quantitative estimate of drug-likeness (QED) is 0.834. The van der Waals surface area contributed by atoms with Gasteiger partial charge in [0.15, 0.2) is 0 Å². The minimum absolute atomic E-state index is 0.0548. The van der Waals surface area contributed by atoms with Crippen molar-refractivity contribution in [2.24, 2.45) is 0 Å². The monoisotopic (exact) mass is 292 g/mol. The van der Waals surface area contributed by atoms with E-state index in [9.17, 15) is 4.79 Å². The number of pyridine rings is 1. The third-order valence-corrected chi connectivity index (χ3v) is 3.71. The van der Waals surface area contributed by atoms with Gasteiger partial charge in [-0.3, -0.25) is 14.7 Å². The van der Waals surface area contributed by atoms with Gasteiger partial charge in [0.2, 0.25) is 0 Å². The minimum atomic E-state index is 0.0548. The van der Waals surface area contributed by atoms with Crippen molar-refractivity contribution in [2.45, 2.75) is 13.3 Å². The normalized spacial score (nSPS) is 16.6. The second kappa shape index (κ2) is 7.95. The van der Waals surface area contributed by atoms with Gasteiger partial charge >= 0.3 is 0 Å². The minimum Gasteiger partial charge on any atom is -0.395 e. The predicted molar refractivity (Wildman–Crippen MR) is 82.4 cm³/mol. The Labute approximate surface area is 125 Å². The largest absolute Gasteiger partial charge is 0.395 e. The van der Waals surface area contributed by atoms with Crippen molar-refractivity contribution in [1.82, 2.24) is 14.8 Å². The summed E-state index contributed by atoms with van der Waals surface area (Å²) in [4.78, 5) is 20.9. The highest BCUT2D eigenvalue weighted by atomic mass is 16.3. The number of aliphatic hydroxyl groups is 1. The van der Waals surface area contributed by atoms with Gasteiger partial charge in [-0.2, -0.15) is 0 Å². The van der Waals surface area contributed by atoms with E-state index in [0.29, 0.717) is 18.7 Å². The number of rotatable bonds is 5. The number of carbonyl (C=O) groups is 1. The third-order valence-electron chi connectivity index (χ3n) is 3.71. The second-order valence-corrected chi connectivity index (χ2v) is 5.16. The molecule has 2 rings (SSSR count). The van der Waals surface area contributed by atoms with Crippen molar-refractivity contribution in [1.29, 1.82) is 0 Å². The molecule has 0 saturated carbocycles. The highest BCUT2D eigenvalue weighted by molar-refractivity contribution is 5.99. The molecule has 1 aliphatic rings. The van der Waals surface area contributed by atoms with Gasteiger partial charge in [0.25, 0.3) is 5.91 Å². The summed E-state index contributed by atoms with van der Waals surface area (Å²) < 4.78 is 0. The van der Waals surface area contributed by atoms with E-state index >= 15 is 0 Å². The van der Waals surface area contributed by atoms with Crippen molar-refractivity contribution in [3.63, 3.8) is 0 Å². The van der Waals surface area contributed by atoms with E-state index < -0.39 is 0 Å². The van der Waals surface area contributed by atoms with Crippen LogP contribution in [0.3, 0.4) is 0 Å². The molecule has 0 aliphatic carbocycles. The van der Waals surface area contributed by atoms with Crippen molar-refractivity contribution in [2.75, 3.05) is 51.2 Å². The Morgan fingerprint density at radius 1 is 1.38 bits per heavy atom. The van der Waals surface area contributed by atoms with E-state index in [1.807, 2.05) is 11.8 Å². The molecule has 0 aromatic carbocycles. The number of amides is 1. The van der Waals surface area contributed by atoms with E-state index in [-0.39, 0.29) is 12.5 Å². The second-order valence-electron chi connectivity index (χ2n) is 5.16. The SMILES string of the molecule is CCNc1cnccc1C(=O)N1CCCN(CCO)CC1. The summed E-state index contributed by atoms with van der Waals surface area (Å²) >= 11 is 0. The number of nitrogens with zero attached hydrogens (tertiary/aromatic N) is 3. The van der Waals surface area contributed by atoms with Crippen LogP contribution in [0.25, 0.3) is 0 Å². The van der Waals surface area contributed by atoms with Gasteiger partial charge in [0, 0.05) is 38.9 Å². The fourth-order valence-corrected chi connectivity index (χ4v) is 2.62. The van der Waals surface area contributed by atoms with Gasteiger partial charge in [0.05, 0.1) is 24.1 Å². The first-order valence-electron chi connectivity index (χ1n) is 7.56. The van der Waals surface area contributed by atoms with Crippen LogP contribution in [-0.2, 0) is 0 Å². The van der Waals surface area contributed by atoms with Gasteiger partial charge in [-0.05, 0) is 26.0 Å². The van der Waals surface area contributed by atoms with Gasteiger partial charge in [-0.25, -0.2) is 0 Å². The van der Waals surface area contributed by atoms with Crippen LogP contribution in [0.4, 0.5) is 5.69 Å². The third kappa shape index (κ3) is 4.15. The van der Waals surface area contributed by atoms with Crippen LogP contribution in [0.2, 0.25) is 0 Å². The summed E-state index contributed by atoms with van der Waals surface area (Å²) in [6.45, 7) is 6.81. The summed E-state index contributed by atoms with van der Waals surface area (Å²) in [5.74, 6) is 0.0548. The summed E-state index contributed by atoms with van der Waals surface area (Å²) in [7, 11) is 0. The average molecular weight is 292 g/mol. The lowest BCUT2D eigenvalue weighted by Gasteiger charge is -2.22. The van der Waals surface area contributed by atoms with Crippen LogP contribution in [0.5, 0.6) is 0 Å². The fraction of sp³-hybridized carbons (Fsp3) is 0.600. The fourth-order valence-electron chi connectivity index (χ4n) is 2.62. The number of aromatic nitrogens is 1. The van der Waals surface area contributed by atoms with Crippen LogP contribution < -0.4 is 5.32 Å². The van der Waals surface area contributed by atoms with E-state index in [2.05, 4.69) is 15.2 Å². The van der Waals surface area contributed by atoms with Gasteiger partial charge in [-0.1, -0.05) is 0 Å². The molecule has 0 atom stereocenters. The Morgan fingerprint density at radius 2 is 2.24 bits per heavy atom. The Morgan fingerprint density at radius 3 is 3.00 bits per heavy atom. The zero-order valence-electron chi connectivity index (χ0n) is 12.6. The van der Waals surface area contributed by atoms with E-state index in [4.69, 9.17) is 5.11 Å². The smallest absolute Gasteiger partial charge is 0.256 e. The number of hydrogen-bond donors (Lipinski definition) is 2. The molecule has 6 heteroatoms. The molecule has 1 aromatic rings. The van der Waals surface area contributed by atoms with Crippen LogP contribution >= 0.6 is 0 Å². The zero-order chi connectivity index (χ0) is 15.1. The Bertz CT molecular complexity index is 467. The van der Waals surface area contributed by atoms with E-state index in [1.54, 1.807) is 18.5 Å². The molecule has 1 amide bonds. The maximum atomic E-state index is 12.7. The summed E-state index contributed by atoms with van der Waals surface area (Å²) in [6.07, 6.45) is 4.30. The number of anilines is 1. The molecular weight excluding hydrogens is 268 g/mol. The molecular formula is C15H24N4O2. The lowest BCUT2D eigenvalue weighted by atomic mass is 10.2. The average Bonchev–Trinajstić information content (AvgIpc) is 2.74. The van der Waals surface area contributed by atoms with Crippen LogP contribution in [0.15, 0.2) is 18.5 Å². The topological polar surface area (TPSA) is 68.7 Å². The molecule has 0 spiro atoms. The van der Waals surface area contributed by atoms with Crippen molar-refractivity contribution >= 4 is 11.6 Å². The van der Waals surface area contributed by atoms with E-state index in [1.165, 1.54) is 0 Å². The van der Waals surface area contributed by atoms with Gasteiger partial charge < -0.3 is 15.3 Å². The van der Waals surface area contributed by atoms with E-state index in [0.717, 1.165) is 38.3 Å². The van der Waals surface area contributed by atoms with Crippen LogP contribution in [-0.4, -0.2) is 71.7 Å². The molecule has 1 aliphatic heterocycles. The molecule has 2 N–H and O–H groups in total. The highest BCUT2D eigenvalue weighted by Crippen LogP contribution is 2.17. The number of nitrogens with one attached hydrogen (secondary N) is 1. The lowest BCUT2D eigenvalue weighted by molar-refractivity contribution is 0.0761. The van der Waals surface area contributed by atoms with Gasteiger partial charge in [-0.15, -0.1) is 0 Å². The first-order chi connectivity index (χ1) is 10.3. The molecule has 116 valence electrons. The molecule has 6 nitrogen and oxygen atoms in total. The maximum Gasteiger partial charge on any atom is 0.256 e. The van der Waals surface area contributed by atoms with Crippen LogP contribution in [0.1, 0.15) is 23.7 Å². The highest BCUT2D eigenvalue weighted by Gasteiger charge is 2.21. The number of carbonyl (C=O) groups excluding carboxylic acids is 1. The molecule has 1 saturated heterocycles. The lowest BCUT2D eigenvalue weighted by Crippen LogP contribution is -2.36. The van der Waals surface area contributed by atoms with Crippen molar-refractivity contribution < 1.29 is 9.90 Å². The summed E-state index contributed by atoms with van der Waals surface area (Å²) in [6, 6.07) is 1.77. The molecule has 1 fully saturated rings. The summed E-state index contributed by atoms with van der Waals surface area (Å²) in [5.41, 5.74) is 1.48. The van der Waals surface area contributed by atoms with Crippen LogP contribution in [0, 0.1) is 0 Å². The first-order valence-corrected chi connectivity index (χ1v) is 7.56. The Kier molecular flexibility index (Phi) is 5.95. The molecule has 0 radical (unpaired) electrons. The summed E-state index contributed by atoms with van der Waals surface area (Å²) in [5, 5.41) is 12.2. The van der Waals surface area contributed by atoms with Crippen molar-refractivity contribution in [3.8, 4) is 0 Å². The molecule has 0 unspecified atom stereocenters. The molecule has 1 aromatic heterocycles. The number of aliphatic hydroxyl groups excluding tert-OH is 1. The van der Waals surface area contributed by atoms with Gasteiger partial charge in [0.1, 0.15) is 0 Å². The molecule has 0 bridgehead atoms. The Balaban J connectivity index is 2.06. The maximum absolute atomic E-state index is 12.7. The first kappa shape index (κ1) is 15.7. The standard InChI is InChI=1S/C15H24N4O2/c1-2-17-14-12-16-5-4-13(14)15(21)19-7-3-6-18(8-9-19)10-11-20/h4-5,12,17,20H,2-3,6-11H2,1H3. The molecule has 2 heterocycles. The van der Waals surface area contributed by atoms with Crippen molar-refractivity contribution in [3.05, 3.63) is 24.0 Å². The number of hydrogen-bond acceptors (Lipinski definition) is 5. The zero-order valence-corrected chi connectivity index (χ0v) is 12.6. The predicted octanol–water partition coefficient (Wildman–Crippen LogP) is 0.654. The number of β-amino-alcohol motifs (C(OH)–C–C–N with tert-alkyl or cyclic N) is 1. The molecule has 21 heavy (non-hydrogen) atoms.